The molecule has 4 atom stereocenters. The first-order chi connectivity index (χ1) is 9.49. The van der Waals surface area contributed by atoms with Gasteiger partial charge in [-0.25, -0.2) is 0 Å². The Morgan fingerprint density at radius 1 is 1.35 bits per heavy atom. The van der Waals surface area contributed by atoms with Gasteiger partial charge in [0.1, 0.15) is 11.5 Å². The van der Waals surface area contributed by atoms with E-state index in [0.29, 0.717) is 6.42 Å². The molecule has 0 saturated carbocycles. The molecule has 5 heteroatoms. The van der Waals surface area contributed by atoms with Crippen LogP contribution >= 0.6 is 0 Å². The largest absolute Gasteiger partial charge is 0.508 e. The van der Waals surface area contributed by atoms with Gasteiger partial charge in [0.25, 0.3) is 0 Å². The maximum Gasteiger partial charge on any atom is 0.308 e. The molecule has 0 aliphatic carbocycles. The van der Waals surface area contributed by atoms with Crippen molar-refractivity contribution in [3.63, 3.8) is 0 Å². The van der Waals surface area contributed by atoms with Crippen LogP contribution in [-0.2, 0) is 4.79 Å². The maximum absolute atomic E-state index is 11.3. The Hall–Kier alpha value is -1.75. The lowest BCUT2D eigenvalue weighted by Gasteiger charge is -2.30. The van der Waals surface area contributed by atoms with Crippen LogP contribution in [0.3, 0.4) is 0 Å². The molecular weight excluding hydrogens is 258 g/mol. The van der Waals surface area contributed by atoms with Crippen molar-refractivity contribution in [3.8, 4) is 11.5 Å². The Balaban J connectivity index is 1.88. The lowest BCUT2D eigenvalue weighted by atomic mass is 9.89. The van der Waals surface area contributed by atoms with Gasteiger partial charge in [0.05, 0.1) is 5.92 Å². The van der Waals surface area contributed by atoms with Gasteiger partial charge in [-0.05, 0) is 32.3 Å². The van der Waals surface area contributed by atoms with Crippen LogP contribution < -0.4 is 0 Å². The summed E-state index contributed by atoms with van der Waals surface area (Å²) < 4.78 is 0. The number of nitrogens with zero attached hydrogens (tertiary/aromatic N) is 1. The number of phenolic OH excluding ortho intramolecular Hbond substituents is 2. The summed E-state index contributed by atoms with van der Waals surface area (Å²) in [5, 5.41) is 28.6. The summed E-state index contributed by atoms with van der Waals surface area (Å²) in [5.74, 6) is -0.915. The van der Waals surface area contributed by atoms with Gasteiger partial charge in [-0.2, -0.15) is 0 Å². The van der Waals surface area contributed by atoms with E-state index in [2.05, 4.69) is 4.90 Å². The van der Waals surface area contributed by atoms with Gasteiger partial charge in [-0.1, -0.05) is 6.07 Å². The van der Waals surface area contributed by atoms with Gasteiger partial charge in [0, 0.05) is 29.8 Å². The van der Waals surface area contributed by atoms with Gasteiger partial charge in [-0.3, -0.25) is 9.69 Å². The van der Waals surface area contributed by atoms with Gasteiger partial charge in [0.15, 0.2) is 0 Å². The standard InChI is InChI=1S/C15H19NO4/c1-8(11-4-3-10(17)7-14(11)18)16-9-2-5-13(16)12(6-9)15(19)20/h3-4,7-9,12-13,17-18H,2,5-6H2,1H3,(H,19,20). The van der Waals surface area contributed by atoms with Crippen molar-refractivity contribution >= 4 is 5.97 Å². The molecule has 0 amide bonds. The predicted octanol–water partition coefficient (Wildman–Crippen LogP) is 2.10. The third-order valence-corrected chi connectivity index (χ3v) is 4.82. The number of carbonyl (C=O) groups is 1. The summed E-state index contributed by atoms with van der Waals surface area (Å²) >= 11 is 0. The minimum absolute atomic E-state index is 0.0336. The molecule has 20 heavy (non-hydrogen) atoms. The van der Waals surface area contributed by atoms with Crippen molar-refractivity contribution in [1.82, 2.24) is 4.90 Å². The first-order valence-electron chi connectivity index (χ1n) is 7.01. The van der Waals surface area contributed by atoms with Crippen molar-refractivity contribution < 1.29 is 20.1 Å². The van der Waals surface area contributed by atoms with Crippen molar-refractivity contribution in [2.45, 2.75) is 44.3 Å². The summed E-state index contributed by atoms with van der Waals surface area (Å²) in [4.78, 5) is 13.5. The third kappa shape index (κ3) is 1.93. The molecule has 1 aromatic rings. The van der Waals surface area contributed by atoms with Gasteiger partial charge in [-0.15, -0.1) is 0 Å². The van der Waals surface area contributed by atoms with Crippen LogP contribution in [0.15, 0.2) is 18.2 Å². The van der Waals surface area contributed by atoms with Crippen LogP contribution in [0.2, 0.25) is 0 Å². The van der Waals surface area contributed by atoms with E-state index >= 15 is 0 Å². The van der Waals surface area contributed by atoms with Crippen LogP contribution in [0.25, 0.3) is 0 Å². The predicted molar refractivity (Wildman–Crippen MR) is 72.6 cm³/mol. The average Bonchev–Trinajstić information content (AvgIpc) is 2.95. The lowest BCUT2D eigenvalue weighted by molar-refractivity contribution is -0.142. The summed E-state index contributed by atoms with van der Waals surface area (Å²) in [5.41, 5.74) is 0.741. The second-order valence-electron chi connectivity index (χ2n) is 5.85. The van der Waals surface area contributed by atoms with E-state index in [0.717, 1.165) is 18.4 Å². The molecule has 0 spiro atoms. The van der Waals surface area contributed by atoms with E-state index in [9.17, 15) is 20.1 Å². The van der Waals surface area contributed by atoms with Gasteiger partial charge in [0.2, 0.25) is 0 Å². The number of phenols is 2. The molecule has 2 saturated heterocycles. The third-order valence-electron chi connectivity index (χ3n) is 4.82. The highest BCUT2D eigenvalue weighted by molar-refractivity contribution is 5.71. The molecule has 2 aliphatic heterocycles. The van der Waals surface area contributed by atoms with Crippen LogP contribution in [-0.4, -0.2) is 38.3 Å². The molecule has 2 heterocycles. The average molecular weight is 277 g/mol. The Morgan fingerprint density at radius 3 is 2.70 bits per heavy atom. The summed E-state index contributed by atoms with van der Waals surface area (Å²) in [7, 11) is 0. The second-order valence-corrected chi connectivity index (χ2v) is 5.85. The monoisotopic (exact) mass is 277 g/mol. The number of fused-ring (bicyclic) bond motifs is 2. The quantitative estimate of drug-likeness (QED) is 0.788. The van der Waals surface area contributed by atoms with E-state index in [1.807, 2.05) is 6.92 Å². The Labute approximate surface area is 117 Å². The van der Waals surface area contributed by atoms with Crippen molar-refractivity contribution in [1.29, 1.82) is 0 Å². The van der Waals surface area contributed by atoms with Gasteiger partial charge < -0.3 is 15.3 Å². The molecule has 2 aliphatic rings. The van der Waals surface area contributed by atoms with E-state index in [1.165, 1.54) is 6.07 Å². The van der Waals surface area contributed by atoms with Gasteiger partial charge >= 0.3 is 5.97 Å². The van der Waals surface area contributed by atoms with E-state index in [-0.39, 0.29) is 35.5 Å². The normalized spacial score (nSPS) is 30.6. The topological polar surface area (TPSA) is 81.0 Å². The van der Waals surface area contributed by atoms with Crippen LogP contribution in [0.1, 0.15) is 37.8 Å². The number of hydrogen-bond acceptors (Lipinski definition) is 4. The molecular formula is C15H19NO4. The first-order valence-corrected chi connectivity index (χ1v) is 7.01. The fraction of sp³-hybridized carbons (Fsp3) is 0.533. The smallest absolute Gasteiger partial charge is 0.308 e. The molecule has 3 N–H and O–H groups in total. The first kappa shape index (κ1) is 13.2. The second kappa shape index (κ2) is 4.66. The lowest BCUT2D eigenvalue weighted by Crippen LogP contribution is -2.35. The zero-order valence-corrected chi connectivity index (χ0v) is 11.4. The Kier molecular flexibility index (Phi) is 3.09. The van der Waals surface area contributed by atoms with E-state index < -0.39 is 5.97 Å². The van der Waals surface area contributed by atoms with Crippen molar-refractivity contribution in [2.75, 3.05) is 0 Å². The molecule has 108 valence electrons. The molecule has 0 aromatic heterocycles. The summed E-state index contributed by atoms with van der Waals surface area (Å²) in [6.45, 7) is 1.99. The summed E-state index contributed by atoms with van der Waals surface area (Å²) in [6.07, 6.45) is 2.63. The highest BCUT2D eigenvalue weighted by Crippen LogP contribution is 2.47. The van der Waals surface area contributed by atoms with Crippen LogP contribution in [0.5, 0.6) is 11.5 Å². The number of hydrogen-bond donors (Lipinski definition) is 3. The number of aliphatic carboxylic acids is 1. The van der Waals surface area contributed by atoms with E-state index in [1.54, 1.807) is 12.1 Å². The molecule has 2 bridgehead atoms. The Morgan fingerprint density at radius 2 is 2.10 bits per heavy atom. The summed E-state index contributed by atoms with van der Waals surface area (Å²) in [6, 6.07) is 4.89. The minimum Gasteiger partial charge on any atom is -0.508 e. The van der Waals surface area contributed by atoms with Crippen LogP contribution in [0, 0.1) is 5.92 Å². The number of carboxylic acids is 1. The van der Waals surface area contributed by atoms with Crippen LogP contribution in [0.4, 0.5) is 0 Å². The fourth-order valence-corrected chi connectivity index (χ4v) is 3.95. The number of rotatable bonds is 3. The van der Waals surface area contributed by atoms with Crippen molar-refractivity contribution in [2.24, 2.45) is 5.92 Å². The SMILES string of the molecule is CC(c1ccc(O)cc1O)N1C2CCC1C(C(=O)O)C2. The van der Waals surface area contributed by atoms with E-state index in [4.69, 9.17) is 0 Å². The highest BCUT2D eigenvalue weighted by atomic mass is 16.4. The Bertz CT molecular complexity index is 545. The molecule has 2 fully saturated rings. The molecule has 5 nitrogen and oxygen atoms in total. The highest BCUT2D eigenvalue weighted by Gasteiger charge is 2.51. The maximum atomic E-state index is 11.3. The molecule has 4 unspecified atom stereocenters. The number of aromatic hydroxyl groups is 2. The number of carboxylic acid groups (broad SMARTS) is 1. The zero-order valence-electron chi connectivity index (χ0n) is 11.4. The minimum atomic E-state index is -0.718. The fourth-order valence-electron chi connectivity index (χ4n) is 3.95. The zero-order chi connectivity index (χ0) is 14.4. The molecule has 3 rings (SSSR count). The molecule has 0 radical (unpaired) electrons. The molecule has 1 aromatic carbocycles. The van der Waals surface area contributed by atoms with Crippen molar-refractivity contribution in [3.05, 3.63) is 23.8 Å². The number of benzene rings is 1.